The Hall–Kier alpha value is -4.94. The Morgan fingerprint density at radius 1 is 0.867 bits per heavy atom. The molecule has 4 amide bonds. The molecule has 0 bridgehead atoms. The first-order valence-corrected chi connectivity index (χ1v) is 14.7. The summed E-state index contributed by atoms with van der Waals surface area (Å²) in [6.07, 6.45) is -0.210. The number of urea groups is 1. The van der Waals surface area contributed by atoms with Gasteiger partial charge in [-0.3, -0.25) is 19.3 Å². The fraction of sp³-hybridized carbons (Fsp3) is 0.333. The van der Waals surface area contributed by atoms with E-state index in [0.29, 0.717) is 33.9 Å². The van der Waals surface area contributed by atoms with Crippen LogP contribution in [-0.2, 0) is 20.8 Å². The third-order valence-corrected chi connectivity index (χ3v) is 7.55. The summed E-state index contributed by atoms with van der Waals surface area (Å²) in [5, 5.41) is 20.7. The van der Waals surface area contributed by atoms with Crippen LogP contribution in [0.3, 0.4) is 0 Å². The second-order valence-electron chi connectivity index (χ2n) is 11.1. The molecule has 5 N–H and O–H groups in total. The maximum Gasteiger partial charge on any atom is 0.323 e. The zero-order valence-corrected chi connectivity index (χ0v) is 25.8. The van der Waals surface area contributed by atoms with Crippen molar-refractivity contribution in [3.05, 3.63) is 83.4 Å². The van der Waals surface area contributed by atoms with Crippen LogP contribution in [0.1, 0.15) is 29.2 Å². The zero-order chi connectivity index (χ0) is 32.3. The number of likely N-dealkylation sites (N-methyl/N-ethyl adjacent to an activating group) is 1. The lowest BCUT2D eigenvalue weighted by molar-refractivity contribution is -0.137. The molecule has 12 nitrogen and oxygen atoms in total. The van der Waals surface area contributed by atoms with E-state index in [2.05, 4.69) is 31.1 Å². The van der Waals surface area contributed by atoms with Crippen molar-refractivity contribution in [2.75, 3.05) is 62.8 Å². The van der Waals surface area contributed by atoms with E-state index in [9.17, 15) is 24.3 Å². The number of ether oxygens (including phenoxy) is 1. The van der Waals surface area contributed by atoms with Gasteiger partial charge in [0.1, 0.15) is 5.75 Å². The Morgan fingerprint density at radius 2 is 1.56 bits per heavy atom. The molecule has 3 aromatic carbocycles. The molecule has 0 saturated carbocycles. The number of hydrogen-bond donors (Lipinski definition) is 5. The summed E-state index contributed by atoms with van der Waals surface area (Å²) in [4.78, 5) is 53.8. The van der Waals surface area contributed by atoms with Crippen LogP contribution in [0.25, 0.3) is 0 Å². The highest BCUT2D eigenvalue weighted by Crippen LogP contribution is 2.27. The number of methoxy groups -OCH3 is 1. The summed E-state index contributed by atoms with van der Waals surface area (Å²) < 4.78 is 5.45. The molecule has 12 heteroatoms. The van der Waals surface area contributed by atoms with Crippen LogP contribution in [0.4, 0.5) is 21.9 Å². The Kier molecular flexibility index (Phi) is 11.5. The van der Waals surface area contributed by atoms with Gasteiger partial charge in [0.25, 0.3) is 0 Å². The van der Waals surface area contributed by atoms with Crippen molar-refractivity contribution in [2.45, 2.75) is 25.8 Å². The number of aryl methyl sites for hydroxylation is 1. The average Bonchev–Trinajstić information content (AvgIpc) is 3.00. The van der Waals surface area contributed by atoms with Crippen LogP contribution in [-0.4, -0.2) is 85.6 Å². The van der Waals surface area contributed by atoms with Crippen molar-refractivity contribution >= 4 is 40.9 Å². The van der Waals surface area contributed by atoms with Crippen molar-refractivity contribution in [1.82, 2.24) is 15.1 Å². The van der Waals surface area contributed by atoms with Gasteiger partial charge in [0.15, 0.2) is 0 Å². The normalized spacial score (nSPS) is 14.2. The lowest BCUT2D eigenvalue weighted by Gasteiger charge is -2.32. The minimum absolute atomic E-state index is 0.0534. The molecular weight excluding hydrogens is 576 g/mol. The van der Waals surface area contributed by atoms with Gasteiger partial charge in [0.05, 0.1) is 38.2 Å². The first kappa shape index (κ1) is 33.0. The summed E-state index contributed by atoms with van der Waals surface area (Å²) in [5.41, 5.74) is 3.91. The molecule has 1 fully saturated rings. The van der Waals surface area contributed by atoms with Crippen LogP contribution in [0.15, 0.2) is 66.7 Å². The highest BCUT2D eigenvalue weighted by atomic mass is 16.5. The van der Waals surface area contributed by atoms with E-state index < -0.39 is 18.0 Å². The van der Waals surface area contributed by atoms with Crippen LogP contribution >= 0.6 is 0 Å². The van der Waals surface area contributed by atoms with Gasteiger partial charge in [-0.1, -0.05) is 36.4 Å². The number of benzene rings is 3. The number of hydrogen-bond acceptors (Lipinski definition) is 7. The number of carbonyl (C=O) groups excluding carboxylic acids is 3. The maximum atomic E-state index is 12.8. The number of piperazine rings is 1. The van der Waals surface area contributed by atoms with Crippen molar-refractivity contribution in [1.29, 1.82) is 0 Å². The molecule has 238 valence electrons. The Morgan fingerprint density at radius 3 is 2.22 bits per heavy atom. The summed E-state index contributed by atoms with van der Waals surface area (Å²) in [5.74, 6) is -1.12. The average molecular weight is 617 g/mol. The summed E-state index contributed by atoms with van der Waals surface area (Å²) in [7, 11) is 3.52. The van der Waals surface area contributed by atoms with Crippen molar-refractivity contribution in [2.24, 2.45) is 0 Å². The summed E-state index contributed by atoms with van der Waals surface area (Å²) >= 11 is 0. The number of anilines is 3. The van der Waals surface area contributed by atoms with E-state index in [-0.39, 0.29) is 31.2 Å². The molecule has 0 radical (unpaired) electrons. The first-order valence-electron chi connectivity index (χ1n) is 14.7. The van der Waals surface area contributed by atoms with Crippen LogP contribution in [0.2, 0.25) is 0 Å². The Balaban J connectivity index is 1.32. The maximum absolute atomic E-state index is 12.8. The Labute approximate surface area is 262 Å². The van der Waals surface area contributed by atoms with Crippen molar-refractivity contribution in [3.8, 4) is 5.75 Å². The van der Waals surface area contributed by atoms with Gasteiger partial charge in [-0.05, 0) is 61.0 Å². The largest absolute Gasteiger partial charge is 0.495 e. The summed E-state index contributed by atoms with van der Waals surface area (Å²) in [6.45, 7) is 5.42. The number of carboxylic acids is 1. The Bertz CT molecular complexity index is 1500. The first-order chi connectivity index (χ1) is 21.6. The molecule has 1 saturated heterocycles. The number of carbonyl (C=O) groups is 4. The molecule has 0 spiro atoms. The molecule has 45 heavy (non-hydrogen) atoms. The molecular formula is C33H40N6O6. The molecule has 1 atom stereocenters. The van der Waals surface area contributed by atoms with E-state index in [1.54, 1.807) is 42.5 Å². The zero-order valence-electron chi connectivity index (χ0n) is 25.8. The van der Waals surface area contributed by atoms with Crippen LogP contribution < -0.4 is 26.0 Å². The molecule has 0 aromatic heterocycles. The molecule has 1 aliphatic heterocycles. The third kappa shape index (κ3) is 10.1. The lowest BCUT2D eigenvalue weighted by Crippen LogP contribution is -2.48. The fourth-order valence-corrected chi connectivity index (χ4v) is 5.00. The number of aliphatic carboxylic acids is 1. The number of nitrogens with one attached hydrogen (secondary N) is 4. The second-order valence-corrected chi connectivity index (χ2v) is 11.1. The van der Waals surface area contributed by atoms with Gasteiger partial charge in [0, 0.05) is 37.6 Å². The topological polar surface area (TPSA) is 152 Å². The van der Waals surface area contributed by atoms with E-state index in [1.165, 1.54) is 7.11 Å². The number of amides is 4. The monoisotopic (exact) mass is 616 g/mol. The standard InChI is InChI=1S/C33H40N6O6/c1-22-6-4-5-7-26(22)36-33(44)37-27-13-8-23(18-29(27)45-3)19-30(40)34-25-11-9-24(10-12-25)28(20-32(42)43)35-31(41)21-39-16-14-38(2)15-17-39/h4-13,18,28H,14-17,19-21H2,1-3H3,(H,34,40)(H,35,41)(H,42,43)(H2,36,37,44). The van der Waals surface area contributed by atoms with Crippen molar-refractivity contribution in [3.63, 3.8) is 0 Å². The smallest absolute Gasteiger partial charge is 0.323 e. The van der Waals surface area contributed by atoms with E-state index in [1.807, 2.05) is 38.2 Å². The van der Waals surface area contributed by atoms with Gasteiger partial charge >= 0.3 is 12.0 Å². The van der Waals surface area contributed by atoms with Gasteiger partial charge in [-0.15, -0.1) is 0 Å². The predicted molar refractivity (Wildman–Crippen MR) is 173 cm³/mol. The molecule has 1 aliphatic rings. The van der Waals surface area contributed by atoms with E-state index in [0.717, 1.165) is 31.7 Å². The van der Waals surface area contributed by atoms with Gasteiger partial charge < -0.3 is 36.0 Å². The van der Waals surface area contributed by atoms with Gasteiger partial charge in [0.2, 0.25) is 11.8 Å². The van der Waals surface area contributed by atoms with Crippen LogP contribution in [0, 0.1) is 6.92 Å². The van der Waals surface area contributed by atoms with Gasteiger partial charge in [-0.2, -0.15) is 0 Å². The number of para-hydroxylation sites is 1. The van der Waals surface area contributed by atoms with Crippen molar-refractivity contribution < 1.29 is 29.0 Å². The molecule has 4 rings (SSSR count). The third-order valence-electron chi connectivity index (χ3n) is 7.55. The highest BCUT2D eigenvalue weighted by molar-refractivity contribution is 6.01. The fourth-order valence-electron chi connectivity index (χ4n) is 5.00. The summed E-state index contributed by atoms with van der Waals surface area (Å²) in [6, 6.07) is 18.2. The quantitative estimate of drug-likeness (QED) is 0.207. The molecule has 0 aliphatic carbocycles. The van der Waals surface area contributed by atoms with Gasteiger partial charge in [-0.25, -0.2) is 4.79 Å². The number of carboxylic acid groups (broad SMARTS) is 1. The van der Waals surface area contributed by atoms with Crippen LogP contribution in [0.5, 0.6) is 5.75 Å². The molecule has 1 unspecified atom stereocenters. The van der Waals surface area contributed by atoms with E-state index >= 15 is 0 Å². The molecule has 1 heterocycles. The lowest BCUT2D eigenvalue weighted by atomic mass is 10.0. The second kappa shape index (κ2) is 15.7. The number of nitrogens with zero attached hydrogens (tertiary/aromatic N) is 2. The number of rotatable bonds is 12. The highest BCUT2D eigenvalue weighted by Gasteiger charge is 2.22. The van der Waals surface area contributed by atoms with E-state index in [4.69, 9.17) is 4.74 Å². The predicted octanol–water partition coefficient (Wildman–Crippen LogP) is 3.71. The minimum Gasteiger partial charge on any atom is -0.495 e. The SMILES string of the molecule is COc1cc(CC(=O)Nc2ccc(C(CC(=O)O)NC(=O)CN3CCN(C)CC3)cc2)ccc1NC(=O)Nc1ccccc1C. The minimum atomic E-state index is -1.03. The molecule has 3 aromatic rings.